The summed E-state index contributed by atoms with van der Waals surface area (Å²) >= 11 is 0. The molecule has 0 amide bonds. The Hall–Kier alpha value is -2.91. The van der Waals surface area contributed by atoms with Crippen LogP contribution in [0.25, 0.3) is 0 Å². The number of nitrogens with zero attached hydrogens (tertiary/aromatic N) is 2. The summed E-state index contributed by atoms with van der Waals surface area (Å²) in [7, 11) is 0. The van der Waals surface area contributed by atoms with E-state index in [1.54, 1.807) is 0 Å². The van der Waals surface area contributed by atoms with Crippen molar-refractivity contribution in [2.75, 3.05) is 11.4 Å². The smallest absolute Gasteiger partial charge is 0.123 e. The van der Waals surface area contributed by atoms with Crippen LogP contribution in [0.4, 0.5) is 5.69 Å². The number of rotatable bonds is 5. The predicted molar refractivity (Wildman–Crippen MR) is 135 cm³/mol. The molecule has 1 saturated heterocycles. The van der Waals surface area contributed by atoms with Gasteiger partial charge in [-0.3, -0.25) is 4.90 Å². The number of hydrogen-bond donors (Lipinski definition) is 0. The van der Waals surface area contributed by atoms with Gasteiger partial charge in [0, 0.05) is 36.7 Å². The molecule has 5 rings (SSSR count). The quantitative estimate of drug-likeness (QED) is 0.435. The van der Waals surface area contributed by atoms with Crippen LogP contribution < -0.4 is 4.90 Å². The SMILES string of the molecule is CC1(C)CC(C=O)C2CN(Cc3ccccc3)C(c3ccccc3)N(c3ccccc3)C2C1. The number of para-hydroxylation sites is 1. The molecule has 0 radical (unpaired) electrons. The number of aldehydes is 1. The lowest BCUT2D eigenvalue weighted by molar-refractivity contribution is -0.117. The second-order valence-corrected chi connectivity index (χ2v) is 10.5. The average molecular weight is 439 g/mol. The number of anilines is 1. The van der Waals surface area contributed by atoms with Crippen molar-refractivity contribution >= 4 is 12.0 Å². The molecule has 3 nitrogen and oxygen atoms in total. The van der Waals surface area contributed by atoms with E-state index in [0.717, 1.165) is 25.9 Å². The molecule has 1 heterocycles. The van der Waals surface area contributed by atoms with Gasteiger partial charge >= 0.3 is 0 Å². The minimum Gasteiger partial charge on any atom is -0.348 e. The van der Waals surface area contributed by atoms with Crippen LogP contribution in [0.15, 0.2) is 91.0 Å². The van der Waals surface area contributed by atoms with Crippen LogP contribution in [-0.2, 0) is 11.3 Å². The van der Waals surface area contributed by atoms with Gasteiger partial charge in [0.2, 0.25) is 0 Å². The standard InChI is InChI=1S/C30H34N2O/c1-30(2)18-25(22-33)27-21-31(20-23-12-6-3-7-13-23)29(24-14-8-4-9-15-24)32(28(27)19-30)26-16-10-5-11-17-26/h3-17,22,25,27-29H,18-21H2,1-2H3. The number of carbonyl (C=O) groups excluding carboxylic acids is 1. The number of benzene rings is 3. The first kappa shape index (κ1) is 21.9. The van der Waals surface area contributed by atoms with Crippen molar-refractivity contribution in [3.63, 3.8) is 0 Å². The van der Waals surface area contributed by atoms with Crippen molar-refractivity contribution in [3.8, 4) is 0 Å². The fourth-order valence-corrected chi connectivity index (χ4v) is 6.21. The van der Waals surface area contributed by atoms with Crippen molar-refractivity contribution in [1.82, 2.24) is 4.90 Å². The lowest BCUT2D eigenvalue weighted by atomic mass is 9.63. The van der Waals surface area contributed by atoms with Crippen molar-refractivity contribution in [1.29, 1.82) is 0 Å². The molecule has 4 atom stereocenters. The third-order valence-corrected chi connectivity index (χ3v) is 7.56. The van der Waals surface area contributed by atoms with Gasteiger partial charge in [-0.1, -0.05) is 92.7 Å². The fourth-order valence-electron chi connectivity index (χ4n) is 6.21. The third kappa shape index (κ3) is 4.47. The first-order valence-corrected chi connectivity index (χ1v) is 12.2. The number of hydrogen-bond acceptors (Lipinski definition) is 3. The molecule has 2 fully saturated rings. The van der Waals surface area contributed by atoms with Gasteiger partial charge in [0.05, 0.1) is 0 Å². The molecule has 33 heavy (non-hydrogen) atoms. The molecule has 0 N–H and O–H groups in total. The van der Waals surface area contributed by atoms with Crippen molar-refractivity contribution in [2.45, 2.75) is 45.4 Å². The molecular weight excluding hydrogens is 404 g/mol. The number of carbonyl (C=O) groups is 1. The molecule has 170 valence electrons. The van der Waals surface area contributed by atoms with Crippen LogP contribution in [0, 0.1) is 17.3 Å². The summed E-state index contributed by atoms with van der Waals surface area (Å²) < 4.78 is 0. The Morgan fingerprint density at radius 1 is 0.848 bits per heavy atom. The zero-order valence-electron chi connectivity index (χ0n) is 19.7. The van der Waals surface area contributed by atoms with Gasteiger partial charge in [-0.25, -0.2) is 0 Å². The molecule has 2 aliphatic rings. The average Bonchev–Trinajstić information content (AvgIpc) is 2.84. The first-order valence-electron chi connectivity index (χ1n) is 12.2. The summed E-state index contributed by atoms with van der Waals surface area (Å²) in [5, 5.41) is 0. The molecule has 3 aromatic carbocycles. The molecule has 1 saturated carbocycles. The highest BCUT2D eigenvalue weighted by molar-refractivity contribution is 5.57. The van der Waals surface area contributed by atoms with Gasteiger partial charge in [-0.05, 0) is 41.5 Å². The lowest BCUT2D eigenvalue weighted by Crippen LogP contribution is -2.62. The van der Waals surface area contributed by atoms with Crippen molar-refractivity contribution in [2.24, 2.45) is 17.3 Å². The zero-order valence-corrected chi connectivity index (χ0v) is 19.7. The summed E-state index contributed by atoms with van der Waals surface area (Å²) in [4.78, 5) is 17.5. The van der Waals surface area contributed by atoms with Gasteiger partial charge in [0.1, 0.15) is 12.5 Å². The second kappa shape index (κ2) is 9.15. The largest absolute Gasteiger partial charge is 0.348 e. The monoisotopic (exact) mass is 438 g/mol. The van der Waals surface area contributed by atoms with Gasteiger partial charge in [-0.15, -0.1) is 0 Å². The van der Waals surface area contributed by atoms with Crippen molar-refractivity contribution < 1.29 is 4.79 Å². The Morgan fingerprint density at radius 2 is 1.45 bits per heavy atom. The van der Waals surface area contributed by atoms with Gasteiger partial charge in [-0.2, -0.15) is 0 Å². The minimum absolute atomic E-state index is 0.0833. The Morgan fingerprint density at radius 3 is 2.09 bits per heavy atom. The predicted octanol–water partition coefficient (Wildman–Crippen LogP) is 6.33. The third-order valence-electron chi connectivity index (χ3n) is 7.56. The van der Waals surface area contributed by atoms with Crippen LogP contribution in [-0.4, -0.2) is 23.8 Å². The summed E-state index contributed by atoms with van der Waals surface area (Å²) in [6.07, 6.45) is 3.43. The summed E-state index contributed by atoms with van der Waals surface area (Å²) in [5.74, 6) is 0.402. The second-order valence-electron chi connectivity index (χ2n) is 10.5. The van der Waals surface area contributed by atoms with Crippen molar-refractivity contribution in [3.05, 3.63) is 102 Å². The fraction of sp³-hybridized carbons (Fsp3) is 0.367. The Balaban J connectivity index is 1.64. The van der Waals surface area contributed by atoms with Crippen LogP contribution in [0.1, 0.15) is 44.0 Å². The van der Waals surface area contributed by atoms with E-state index in [2.05, 4.69) is 115 Å². The highest BCUT2D eigenvalue weighted by Crippen LogP contribution is 2.50. The zero-order chi connectivity index (χ0) is 22.8. The van der Waals surface area contributed by atoms with Gasteiger partial charge < -0.3 is 9.69 Å². The molecule has 1 aliphatic carbocycles. The van der Waals surface area contributed by atoms with E-state index in [1.807, 2.05) is 0 Å². The van der Waals surface area contributed by atoms with E-state index in [-0.39, 0.29) is 17.5 Å². The molecule has 3 aromatic rings. The summed E-state index contributed by atoms with van der Waals surface area (Å²) in [5.41, 5.74) is 4.00. The molecule has 3 heteroatoms. The van der Waals surface area contributed by atoms with E-state index in [0.29, 0.717) is 12.0 Å². The Kier molecular flexibility index (Phi) is 6.07. The molecular formula is C30H34N2O. The Labute approximate surface area is 198 Å². The summed E-state index contributed by atoms with van der Waals surface area (Å²) in [6.45, 7) is 6.46. The van der Waals surface area contributed by atoms with Crippen LogP contribution in [0.5, 0.6) is 0 Å². The molecule has 1 aliphatic heterocycles. The maximum atomic E-state index is 12.3. The highest BCUT2D eigenvalue weighted by Gasteiger charge is 2.50. The normalized spacial score (nSPS) is 27.0. The van der Waals surface area contributed by atoms with E-state index < -0.39 is 0 Å². The molecule has 0 aromatic heterocycles. The Bertz CT molecular complexity index is 1050. The topological polar surface area (TPSA) is 23.6 Å². The minimum atomic E-state index is 0.0833. The van der Waals surface area contributed by atoms with Crippen LogP contribution in [0.3, 0.4) is 0 Å². The number of fused-ring (bicyclic) bond motifs is 1. The highest BCUT2D eigenvalue weighted by atomic mass is 16.1. The van der Waals surface area contributed by atoms with E-state index >= 15 is 0 Å². The molecule has 0 spiro atoms. The van der Waals surface area contributed by atoms with Gasteiger partial charge in [0.25, 0.3) is 0 Å². The van der Waals surface area contributed by atoms with Crippen LogP contribution in [0.2, 0.25) is 0 Å². The first-order chi connectivity index (χ1) is 16.1. The lowest BCUT2D eigenvalue weighted by Gasteiger charge is -2.58. The maximum Gasteiger partial charge on any atom is 0.123 e. The molecule has 4 unspecified atom stereocenters. The van der Waals surface area contributed by atoms with Crippen LogP contribution >= 0.6 is 0 Å². The summed E-state index contributed by atoms with van der Waals surface area (Å²) in [6, 6.07) is 32.8. The van der Waals surface area contributed by atoms with E-state index in [9.17, 15) is 4.79 Å². The molecule has 0 bridgehead atoms. The maximum absolute atomic E-state index is 12.3. The van der Waals surface area contributed by atoms with E-state index in [1.165, 1.54) is 23.1 Å². The van der Waals surface area contributed by atoms with Gasteiger partial charge in [0.15, 0.2) is 0 Å². The van der Waals surface area contributed by atoms with E-state index in [4.69, 9.17) is 0 Å².